The van der Waals surface area contributed by atoms with Gasteiger partial charge >= 0.3 is 5.97 Å². The Morgan fingerprint density at radius 1 is 1.08 bits per heavy atom. The van der Waals surface area contributed by atoms with Crippen molar-refractivity contribution in [2.45, 2.75) is 6.42 Å². The molecule has 0 saturated carbocycles. The summed E-state index contributed by atoms with van der Waals surface area (Å²) in [6.07, 6.45) is 0.616. The minimum atomic E-state index is -0.463. The van der Waals surface area contributed by atoms with E-state index in [2.05, 4.69) is 10.6 Å². The van der Waals surface area contributed by atoms with Gasteiger partial charge in [0.15, 0.2) is 0 Å². The first-order valence-electron chi connectivity index (χ1n) is 7.52. The van der Waals surface area contributed by atoms with Gasteiger partial charge in [0, 0.05) is 12.2 Å². The Kier molecular flexibility index (Phi) is 6.31. The molecule has 0 spiro atoms. The van der Waals surface area contributed by atoms with Crippen LogP contribution in [0, 0.1) is 5.82 Å². The van der Waals surface area contributed by atoms with E-state index in [0.29, 0.717) is 24.2 Å². The van der Waals surface area contributed by atoms with Gasteiger partial charge in [0.2, 0.25) is 5.91 Å². The number of anilines is 1. The lowest BCUT2D eigenvalue weighted by molar-refractivity contribution is -0.119. The Hall–Kier alpha value is -2.89. The summed E-state index contributed by atoms with van der Waals surface area (Å²) in [4.78, 5) is 23.5. The van der Waals surface area contributed by atoms with Crippen molar-refractivity contribution in [1.29, 1.82) is 0 Å². The van der Waals surface area contributed by atoms with Crippen LogP contribution < -0.4 is 10.6 Å². The molecule has 0 aromatic heterocycles. The number of hydrogen-bond acceptors (Lipinski definition) is 4. The highest BCUT2D eigenvalue weighted by atomic mass is 19.1. The molecule has 2 rings (SSSR count). The fourth-order valence-electron chi connectivity index (χ4n) is 2.16. The van der Waals surface area contributed by atoms with Crippen molar-refractivity contribution >= 4 is 17.6 Å². The number of nitrogens with one attached hydrogen (secondary N) is 2. The molecule has 2 N–H and O–H groups in total. The second-order valence-electron chi connectivity index (χ2n) is 5.12. The number of carbonyl (C=O) groups excluding carboxylic acids is 2. The smallest absolute Gasteiger partial charge is 0.339 e. The standard InChI is InChI=1S/C18H19FN2O3/c1-24-18(23)15-4-2-3-5-16(15)21-12-17(22)20-11-10-13-6-8-14(19)9-7-13/h2-9,21H,10-12H2,1H3,(H,20,22). The normalized spacial score (nSPS) is 10.1. The fraction of sp³-hybridized carbons (Fsp3) is 0.222. The highest BCUT2D eigenvalue weighted by Crippen LogP contribution is 2.15. The van der Waals surface area contributed by atoms with Gasteiger partial charge in [-0.1, -0.05) is 24.3 Å². The van der Waals surface area contributed by atoms with Crippen LogP contribution in [-0.4, -0.2) is 32.1 Å². The van der Waals surface area contributed by atoms with Crippen molar-refractivity contribution in [1.82, 2.24) is 5.32 Å². The lowest BCUT2D eigenvalue weighted by Crippen LogP contribution is -2.31. The van der Waals surface area contributed by atoms with Crippen molar-refractivity contribution in [3.63, 3.8) is 0 Å². The number of methoxy groups -OCH3 is 1. The molecular weight excluding hydrogens is 311 g/mol. The summed E-state index contributed by atoms with van der Waals surface area (Å²) in [5, 5.41) is 5.69. The number of esters is 1. The largest absolute Gasteiger partial charge is 0.465 e. The van der Waals surface area contributed by atoms with Gasteiger partial charge in [-0.2, -0.15) is 0 Å². The molecule has 0 radical (unpaired) electrons. The second kappa shape index (κ2) is 8.67. The number of benzene rings is 2. The first kappa shape index (κ1) is 17.5. The molecule has 2 aromatic rings. The molecule has 0 fully saturated rings. The first-order chi connectivity index (χ1) is 11.6. The van der Waals surface area contributed by atoms with E-state index in [1.807, 2.05) is 0 Å². The zero-order valence-electron chi connectivity index (χ0n) is 13.3. The molecule has 0 aliphatic rings. The summed E-state index contributed by atoms with van der Waals surface area (Å²) in [5.74, 6) is -0.942. The van der Waals surface area contributed by atoms with E-state index in [1.165, 1.54) is 19.2 Å². The topological polar surface area (TPSA) is 67.4 Å². The van der Waals surface area contributed by atoms with Crippen LogP contribution in [0.2, 0.25) is 0 Å². The Bertz CT molecular complexity index is 702. The van der Waals surface area contributed by atoms with Crippen LogP contribution in [0.4, 0.5) is 10.1 Å². The number of rotatable bonds is 7. The monoisotopic (exact) mass is 330 g/mol. The Morgan fingerprint density at radius 3 is 2.50 bits per heavy atom. The van der Waals surface area contributed by atoms with Gasteiger partial charge in [0.1, 0.15) is 5.82 Å². The van der Waals surface area contributed by atoms with Crippen molar-refractivity contribution in [2.75, 3.05) is 25.5 Å². The maximum Gasteiger partial charge on any atom is 0.339 e. The quantitative estimate of drug-likeness (QED) is 0.765. The number of para-hydroxylation sites is 1. The zero-order valence-corrected chi connectivity index (χ0v) is 13.3. The van der Waals surface area contributed by atoms with Crippen LogP contribution in [0.1, 0.15) is 15.9 Å². The molecule has 0 saturated heterocycles. The Balaban J connectivity index is 1.79. The van der Waals surface area contributed by atoms with Gasteiger partial charge in [-0.3, -0.25) is 4.79 Å². The van der Waals surface area contributed by atoms with E-state index < -0.39 is 5.97 Å². The summed E-state index contributed by atoms with van der Waals surface area (Å²) < 4.78 is 17.5. The van der Waals surface area contributed by atoms with Crippen LogP contribution >= 0.6 is 0 Å². The maximum absolute atomic E-state index is 12.8. The van der Waals surface area contributed by atoms with E-state index in [-0.39, 0.29) is 18.3 Å². The van der Waals surface area contributed by atoms with Crippen LogP contribution in [-0.2, 0) is 16.0 Å². The SMILES string of the molecule is COC(=O)c1ccccc1NCC(=O)NCCc1ccc(F)cc1. The Labute approximate surface area is 139 Å². The third-order valence-electron chi connectivity index (χ3n) is 3.42. The molecule has 0 aliphatic carbocycles. The molecule has 0 heterocycles. The van der Waals surface area contributed by atoms with Gasteiger partial charge in [0.25, 0.3) is 0 Å². The van der Waals surface area contributed by atoms with Crippen molar-refractivity contribution in [3.8, 4) is 0 Å². The van der Waals surface area contributed by atoms with Crippen LogP contribution in [0.5, 0.6) is 0 Å². The molecule has 0 atom stereocenters. The van der Waals surface area contributed by atoms with Gasteiger partial charge in [0.05, 0.1) is 19.2 Å². The minimum absolute atomic E-state index is 0.0391. The number of amides is 1. The molecule has 0 unspecified atom stereocenters. The van der Waals surface area contributed by atoms with Gasteiger partial charge in [-0.05, 0) is 36.2 Å². The molecule has 24 heavy (non-hydrogen) atoms. The molecule has 1 amide bonds. The molecule has 0 bridgehead atoms. The zero-order chi connectivity index (χ0) is 17.4. The third kappa shape index (κ3) is 5.08. The predicted molar refractivity (Wildman–Crippen MR) is 89.4 cm³/mol. The van der Waals surface area contributed by atoms with E-state index >= 15 is 0 Å². The molecule has 126 valence electrons. The molecule has 2 aromatic carbocycles. The summed E-state index contributed by atoms with van der Waals surface area (Å²) in [6, 6.07) is 13.0. The second-order valence-corrected chi connectivity index (χ2v) is 5.12. The molecular formula is C18H19FN2O3. The third-order valence-corrected chi connectivity index (χ3v) is 3.42. The maximum atomic E-state index is 12.8. The summed E-state index contributed by atoms with van der Waals surface area (Å²) in [7, 11) is 1.31. The van der Waals surface area contributed by atoms with Gasteiger partial charge in [-0.15, -0.1) is 0 Å². The highest BCUT2D eigenvalue weighted by molar-refractivity contribution is 5.96. The van der Waals surface area contributed by atoms with E-state index in [4.69, 9.17) is 4.74 Å². The lowest BCUT2D eigenvalue weighted by atomic mass is 10.1. The number of ether oxygens (including phenoxy) is 1. The summed E-state index contributed by atoms with van der Waals surface area (Å²) in [6.45, 7) is 0.488. The predicted octanol–water partition coefficient (Wildman–Crippen LogP) is 2.38. The Morgan fingerprint density at radius 2 is 1.79 bits per heavy atom. The number of halogens is 1. The number of carbonyl (C=O) groups is 2. The van der Waals surface area contributed by atoms with Crippen molar-refractivity contribution in [3.05, 3.63) is 65.5 Å². The average Bonchev–Trinajstić information content (AvgIpc) is 2.61. The summed E-state index contributed by atoms with van der Waals surface area (Å²) in [5.41, 5.74) is 1.86. The minimum Gasteiger partial charge on any atom is -0.465 e. The highest BCUT2D eigenvalue weighted by Gasteiger charge is 2.11. The molecule has 0 aliphatic heterocycles. The van der Waals surface area contributed by atoms with Crippen LogP contribution in [0.25, 0.3) is 0 Å². The number of hydrogen-bond donors (Lipinski definition) is 2. The molecule has 6 heteroatoms. The fourth-order valence-corrected chi connectivity index (χ4v) is 2.16. The van der Waals surface area contributed by atoms with E-state index in [9.17, 15) is 14.0 Å². The first-order valence-corrected chi connectivity index (χ1v) is 7.52. The lowest BCUT2D eigenvalue weighted by Gasteiger charge is -2.11. The van der Waals surface area contributed by atoms with E-state index in [0.717, 1.165) is 5.56 Å². The average molecular weight is 330 g/mol. The molecule has 5 nitrogen and oxygen atoms in total. The van der Waals surface area contributed by atoms with Crippen molar-refractivity contribution < 1.29 is 18.7 Å². The van der Waals surface area contributed by atoms with E-state index in [1.54, 1.807) is 36.4 Å². The van der Waals surface area contributed by atoms with Gasteiger partial charge in [-0.25, -0.2) is 9.18 Å². The van der Waals surface area contributed by atoms with Gasteiger partial charge < -0.3 is 15.4 Å². The summed E-state index contributed by atoms with van der Waals surface area (Å²) >= 11 is 0. The van der Waals surface area contributed by atoms with Crippen LogP contribution in [0.15, 0.2) is 48.5 Å². The van der Waals surface area contributed by atoms with Crippen molar-refractivity contribution in [2.24, 2.45) is 0 Å². The van der Waals surface area contributed by atoms with Crippen LogP contribution in [0.3, 0.4) is 0 Å².